The quantitative estimate of drug-likeness (QED) is 0.424. The molecule has 0 saturated carbocycles. The van der Waals surface area contributed by atoms with Gasteiger partial charge in [-0.05, 0) is 60.8 Å². The number of hydrogen-bond donors (Lipinski definition) is 1. The van der Waals surface area contributed by atoms with Gasteiger partial charge < -0.3 is 15.5 Å². The highest BCUT2D eigenvalue weighted by atomic mass is 15.3. The zero-order chi connectivity index (χ0) is 26.1. The van der Waals surface area contributed by atoms with Crippen molar-refractivity contribution in [2.75, 3.05) is 57.3 Å². The number of piperazine rings is 1. The van der Waals surface area contributed by atoms with Crippen LogP contribution in [0, 0.1) is 0 Å². The van der Waals surface area contributed by atoms with E-state index in [-0.39, 0.29) is 5.54 Å². The normalized spacial score (nSPS) is 18.8. The van der Waals surface area contributed by atoms with Gasteiger partial charge in [0.15, 0.2) is 0 Å². The molecule has 0 atom stereocenters. The van der Waals surface area contributed by atoms with Gasteiger partial charge in [0.2, 0.25) is 0 Å². The Labute approximate surface area is 225 Å². The number of aromatic nitrogens is 4. The third-order valence-corrected chi connectivity index (χ3v) is 8.35. The fourth-order valence-corrected chi connectivity index (χ4v) is 5.94. The molecule has 198 valence electrons. The lowest BCUT2D eigenvalue weighted by molar-refractivity contribution is 0.106. The van der Waals surface area contributed by atoms with Crippen LogP contribution in [0.3, 0.4) is 0 Å². The minimum Gasteiger partial charge on any atom is -0.356 e. The zero-order valence-electron chi connectivity index (χ0n) is 22.6. The molecule has 2 aliphatic heterocycles. The molecular weight excluding hydrogens is 472 g/mol. The van der Waals surface area contributed by atoms with Crippen molar-refractivity contribution in [1.29, 1.82) is 0 Å². The summed E-state index contributed by atoms with van der Waals surface area (Å²) >= 11 is 0. The molecule has 2 saturated heterocycles. The molecule has 0 bridgehead atoms. The molecule has 38 heavy (non-hydrogen) atoms. The molecule has 8 nitrogen and oxygen atoms in total. The Morgan fingerprint density at radius 3 is 2.34 bits per heavy atom. The molecule has 5 heterocycles. The van der Waals surface area contributed by atoms with Crippen LogP contribution in [-0.4, -0.2) is 87.4 Å². The zero-order valence-corrected chi connectivity index (χ0v) is 22.6. The van der Waals surface area contributed by atoms with Crippen molar-refractivity contribution >= 4 is 16.7 Å². The molecule has 0 aliphatic carbocycles. The van der Waals surface area contributed by atoms with Crippen LogP contribution >= 0.6 is 0 Å². The smallest absolute Gasteiger partial charge is 0.128 e. The summed E-state index contributed by atoms with van der Waals surface area (Å²) in [6, 6.07) is 12.8. The standard InChI is InChI=1S/C30H38N8/c1-3-36-13-15-37(16-14-36)22-30(31)8-11-38(12-9-30)29-7-6-23(19-33-29)27-17-24(25-20-34-35(2)21-25)18-28-26(27)5-4-10-32-28/h4-7,10,17-21H,3,8-9,11-16,22,31H2,1-2H3. The van der Waals surface area contributed by atoms with E-state index in [1.54, 1.807) is 0 Å². The predicted octanol–water partition coefficient (Wildman–Crippen LogP) is 3.63. The number of anilines is 1. The molecule has 0 amide bonds. The minimum atomic E-state index is -0.108. The maximum Gasteiger partial charge on any atom is 0.128 e. The van der Waals surface area contributed by atoms with E-state index in [4.69, 9.17) is 10.7 Å². The molecule has 8 heteroatoms. The second-order valence-corrected chi connectivity index (χ2v) is 11.0. The van der Waals surface area contributed by atoms with Gasteiger partial charge in [0.05, 0.1) is 11.7 Å². The molecule has 4 aromatic rings. The van der Waals surface area contributed by atoms with Crippen molar-refractivity contribution in [2.45, 2.75) is 25.3 Å². The largest absolute Gasteiger partial charge is 0.356 e. The molecule has 2 fully saturated rings. The first-order valence-corrected chi connectivity index (χ1v) is 13.8. The Hall–Kier alpha value is -3.33. The maximum atomic E-state index is 6.90. The molecule has 0 radical (unpaired) electrons. The number of nitrogens with two attached hydrogens (primary N) is 1. The molecule has 3 aromatic heterocycles. The predicted molar refractivity (Wildman–Crippen MR) is 154 cm³/mol. The minimum absolute atomic E-state index is 0.108. The summed E-state index contributed by atoms with van der Waals surface area (Å²) in [4.78, 5) is 17.0. The second-order valence-electron chi connectivity index (χ2n) is 11.0. The van der Waals surface area contributed by atoms with Crippen LogP contribution in [0.1, 0.15) is 19.8 Å². The van der Waals surface area contributed by atoms with Gasteiger partial charge in [-0.15, -0.1) is 0 Å². The van der Waals surface area contributed by atoms with Crippen molar-refractivity contribution in [3.8, 4) is 22.3 Å². The van der Waals surface area contributed by atoms with Crippen LogP contribution in [0.5, 0.6) is 0 Å². The highest BCUT2D eigenvalue weighted by Gasteiger charge is 2.33. The summed E-state index contributed by atoms with van der Waals surface area (Å²) < 4.78 is 1.83. The average Bonchev–Trinajstić information content (AvgIpc) is 3.39. The lowest BCUT2D eigenvalue weighted by Gasteiger charge is -2.44. The monoisotopic (exact) mass is 510 g/mol. The summed E-state index contributed by atoms with van der Waals surface area (Å²) in [6.07, 6.45) is 9.77. The third-order valence-electron chi connectivity index (χ3n) is 8.35. The van der Waals surface area contributed by atoms with Crippen LogP contribution < -0.4 is 10.6 Å². The number of pyridine rings is 2. The summed E-state index contributed by atoms with van der Waals surface area (Å²) in [7, 11) is 1.94. The summed E-state index contributed by atoms with van der Waals surface area (Å²) in [5.41, 5.74) is 12.2. The summed E-state index contributed by atoms with van der Waals surface area (Å²) in [5.74, 6) is 1.03. The van der Waals surface area contributed by atoms with Crippen LogP contribution in [0.15, 0.2) is 61.2 Å². The SMILES string of the molecule is CCN1CCN(CC2(N)CCN(c3ccc(-c4cc(-c5cnn(C)c5)cc5ncccc45)cn3)CC2)CC1. The Morgan fingerprint density at radius 2 is 1.66 bits per heavy atom. The van der Waals surface area contributed by atoms with Gasteiger partial charge in [0, 0.05) is 93.5 Å². The first kappa shape index (κ1) is 25.0. The number of piperidine rings is 1. The van der Waals surface area contributed by atoms with Crippen molar-refractivity contribution < 1.29 is 0 Å². The van der Waals surface area contributed by atoms with Crippen molar-refractivity contribution in [3.05, 3.63) is 61.2 Å². The van der Waals surface area contributed by atoms with Gasteiger partial charge in [0.25, 0.3) is 0 Å². The maximum absolute atomic E-state index is 6.90. The number of aryl methyl sites for hydroxylation is 1. The van der Waals surface area contributed by atoms with E-state index in [1.165, 1.54) is 0 Å². The van der Waals surface area contributed by atoms with E-state index < -0.39 is 0 Å². The van der Waals surface area contributed by atoms with Gasteiger partial charge >= 0.3 is 0 Å². The van der Waals surface area contributed by atoms with Crippen molar-refractivity contribution in [3.63, 3.8) is 0 Å². The van der Waals surface area contributed by atoms with E-state index in [2.05, 4.69) is 62.0 Å². The van der Waals surface area contributed by atoms with Crippen molar-refractivity contribution in [1.82, 2.24) is 29.5 Å². The summed E-state index contributed by atoms with van der Waals surface area (Å²) in [6.45, 7) is 10.9. The van der Waals surface area contributed by atoms with Gasteiger partial charge in [-0.3, -0.25) is 14.6 Å². The lowest BCUT2D eigenvalue weighted by atomic mass is 9.87. The average molecular weight is 511 g/mol. The number of fused-ring (bicyclic) bond motifs is 1. The highest BCUT2D eigenvalue weighted by Crippen LogP contribution is 2.34. The Kier molecular flexibility index (Phi) is 6.86. The van der Waals surface area contributed by atoms with Gasteiger partial charge in [0.1, 0.15) is 5.82 Å². The van der Waals surface area contributed by atoms with Crippen molar-refractivity contribution in [2.24, 2.45) is 12.8 Å². The molecule has 1 aromatic carbocycles. The molecule has 0 spiro atoms. The summed E-state index contributed by atoms with van der Waals surface area (Å²) in [5, 5.41) is 5.48. The molecular formula is C30H38N8. The van der Waals surface area contributed by atoms with Gasteiger partial charge in [-0.1, -0.05) is 13.0 Å². The Morgan fingerprint density at radius 1 is 0.868 bits per heavy atom. The molecule has 0 unspecified atom stereocenters. The van der Waals surface area contributed by atoms with Gasteiger partial charge in [-0.2, -0.15) is 5.10 Å². The van der Waals surface area contributed by atoms with E-state index in [1.807, 2.05) is 42.6 Å². The van der Waals surface area contributed by atoms with E-state index in [0.29, 0.717) is 0 Å². The van der Waals surface area contributed by atoms with E-state index in [0.717, 1.165) is 104 Å². The molecule has 2 N–H and O–H groups in total. The van der Waals surface area contributed by atoms with Gasteiger partial charge in [-0.25, -0.2) is 4.98 Å². The highest BCUT2D eigenvalue weighted by molar-refractivity contribution is 5.98. The Bertz CT molecular complexity index is 1380. The van der Waals surface area contributed by atoms with Crippen LogP contribution in [0.25, 0.3) is 33.2 Å². The van der Waals surface area contributed by atoms with E-state index >= 15 is 0 Å². The molecule has 6 rings (SSSR count). The number of likely N-dealkylation sites (N-methyl/N-ethyl adjacent to an activating group) is 1. The van der Waals surface area contributed by atoms with E-state index in [9.17, 15) is 0 Å². The topological polar surface area (TPSA) is 79.3 Å². The van der Waals surface area contributed by atoms with Crippen LogP contribution in [-0.2, 0) is 7.05 Å². The fraction of sp³-hybridized carbons (Fsp3) is 0.433. The number of benzene rings is 1. The lowest BCUT2D eigenvalue weighted by Crippen LogP contribution is -2.59. The number of hydrogen-bond acceptors (Lipinski definition) is 7. The van der Waals surface area contributed by atoms with Crippen LogP contribution in [0.2, 0.25) is 0 Å². The Balaban J connectivity index is 1.16. The third kappa shape index (κ3) is 5.16. The fourth-order valence-electron chi connectivity index (χ4n) is 5.94. The molecule has 2 aliphatic rings. The van der Waals surface area contributed by atoms with Crippen LogP contribution in [0.4, 0.5) is 5.82 Å². The first-order valence-electron chi connectivity index (χ1n) is 13.8. The number of nitrogens with zero attached hydrogens (tertiary/aromatic N) is 7. The first-order chi connectivity index (χ1) is 18.5. The second kappa shape index (κ2) is 10.4. The number of rotatable bonds is 6.